The summed E-state index contributed by atoms with van der Waals surface area (Å²) in [7, 11) is 0. The number of unbranched alkanes of at least 4 members (excludes halogenated alkanes) is 1. The summed E-state index contributed by atoms with van der Waals surface area (Å²) in [5.74, 6) is 1.06. The van der Waals surface area contributed by atoms with Crippen molar-refractivity contribution >= 4 is 10.9 Å². The molecule has 0 aliphatic heterocycles. The van der Waals surface area contributed by atoms with E-state index in [1.165, 1.54) is 0 Å². The number of rotatable bonds is 4. The Morgan fingerprint density at radius 3 is 2.94 bits per heavy atom. The molecule has 0 aliphatic carbocycles. The first-order valence-electron chi connectivity index (χ1n) is 5.93. The summed E-state index contributed by atoms with van der Waals surface area (Å²) >= 11 is 0. The van der Waals surface area contributed by atoms with Crippen LogP contribution in [0.3, 0.4) is 0 Å². The molecule has 1 aromatic heterocycles. The van der Waals surface area contributed by atoms with Crippen LogP contribution in [0, 0.1) is 6.92 Å². The molecule has 0 saturated heterocycles. The van der Waals surface area contributed by atoms with Gasteiger partial charge in [-0.3, -0.25) is 4.98 Å². The lowest BCUT2D eigenvalue weighted by Crippen LogP contribution is -1.99. The molecule has 17 heavy (non-hydrogen) atoms. The Balaban J connectivity index is 2.35. The molecule has 0 bridgehead atoms. The molecule has 0 aliphatic rings. The zero-order valence-electron chi connectivity index (χ0n) is 10.2. The van der Waals surface area contributed by atoms with Crippen molar-refractivity contribution in [2.45, 2.75) is 26.7 Å². The van der Waals surface area contributed by atoms with Crippen molar-refractivity contribution in [2.75, 3.05) is 6.61 Å². The fraction of sp³-hybridized carbons (Fsp3) is 0.357. The lowest BCUT2D eigenvalue weighted by atomic mass is 10.1. The number of aromatic nitrogens is 1. The van der Waals surface area contributed by atoms with E-state index in [-0.39, 0.29) is 5.75 Å². The van der Waals surface area contributed by atoms with E-state index in [0.717, 1.165) is 35.1 Å². The van der Waals surface area contributed by atoms with Crippen LogP contribution in [0.1, 0.15) is 25.3 Å². The fourth-order valence-corrected chi connectivity index (χ4v) is 1.77. The Bertz CT molecular complexity index is 523. The van der Waals surface area contributed by atoms with Crippen molar-refractivity contribution < 1.29 is 9.84 Å². The Labute approximate surface area is 101 Å². The SMILES string of the molecule is CCCCOc1cnc2ccc(O)cc2c1C. The van der Waals surface area contributed by atoms with E-state index in [1.807, 2.05) is 13.0 Å². The summed E-state index contributed by atoms with van der Waals surface area (Å²) < 4.78 is 5.68. The molecule has 0 fully saturated rings. The number of aryl methyl sites for hydroxylation is 1. The molecule has 2 aromatic rings. The third-order valence-corrected chi connectivity index (χ3v) is 2.83. The molecular weight excluding hydrogens is 214 g/mol. The largest absolute Gasteiger partial charge is 0.508 e. The second-order valence-corrected chi connectivity index (χ2v) is 4.15. The monoisotopic (exact) mass is 231 g/mol. The van der Waals surface area contributed by atoms with Crippen molar-refractivity contribution in [3.8, 4) is 11.5 Å². The van der Waals surface area contributed by atoms with Crippen LogP contribution in [0.4, 0.5) is 0 Å². The number of hydrogen-bond donors (Lipinski definition) is 1. The molecule has 0 unspecified atom stereocenters. The molecule has 1 heterocycles. The molecule has 0 saturated carbocycles. The number of benzene rings is 1. The van der Waals surface area contributed by atoms with Gasteiger partial charge in [0, 0.05) is 10.9 Å². The van der Waals surface area contributed by atoms with Gasteiger partial charge in [-0.25, -0.2) is 0 Å². The zero-order chi connectivity index (χ0) is 12.3. The van der Waals surface area contributed by atoms with Crippen LogP contribution in [0.2, 0.25) is 0 Å². The minimum atomic E-state index is 0.258. The number of phenolic OH excluding ortho intramolecular Hbond substituents is 1. The van der Waals surface area contributed by atoms with Crippen LogP contribution >= 0.6 is 0 Å². The predicted molar refractivity (Wildman–Crippen MR) is 68.5 cm³/mol. The number of aromatic hydroxyl groups is 1. The van der Waals surface area contributed by atoms with E-state index < -0.39 is 0 Å². The van der Waals surface area contributed by atoms with Gasteiger partial charge in [0.1, 0.15) is 11.5 Å². The third-order valence-electron chi connectivity index (χ3n) is 2.83. The summed E-state index contributed by atoms with van der Waals surface area (Å²) in [4.78, 5) is 4.33. The van der Waals surface area contributed by atoms with Crippen LogP contribution in [-0.4, -0.2) is 16.7 Å². The van der Waals surface area contributed by atoms with Crippen LogP contribution in [0.5, 0.6) is 11.5 Å². The molecule has 3 heteroatoms. The predicted octanol–water partition coefficient (Wildman–Crippen LogP) is 3.43. The second kappa shape index (κ2) is 5.04. The maximum absolute atomic E-state index is 9.49. The normalized spacial score (nSPS) is 10.7. The number of hydrogen-bond acceptors (Lipinski definition) is 3. The van der Waals surface area contributed by atoms with Crippen molar-refractivity contribution in [1.29, 1.82) is 0 Å². The lowest BCUT2D eigenvalue weighted by Gasteiger charge is -2.10. The van der Waals surface area contributed by atoms with Crippen molar-refractivity contribution in [3.63, 3.8) is 0 Å². The number of ether oxygens (including phenoxy) is 1. The van der Waals surface area contributed by atoms with Crippen LogP contribution in [0.15, 0.2) is 24.4 Å². The number of phenols is 1. The van der Waals surface area contributed by atoms with Gasteiger partial charge in [0.15, 0.2) is 0 Å². The van der Waals surface area contributed by atoms with E-state index in [1.54, 1.807) is 18.3 Å². The van der Waals surface area contributed by atoms with Gasteiger partial charge in [-0.15, -0.1) is 0 Å². The van der Waals surface area contributed by atoms with E-state index in [4.69, 9.17) is 4.74 Å². The van der Waals surface area contributed by atoms with Gasteiger partial charge in [-0.1, -0.05) is 13.3 Å². The molecule has 0 amide bonds. The molecule has 3 nitrogen and oxygen atoms in total. The van der Waals surface area contributed by atoms with Gasteiger partial charge in [0.2, 0.25) is 0 Å². The summed E-state index contributed by atoms with van der Waals surface area (Å²) in [6, 6.07) is 5.18. The maximum atomic E-state index is 9.49. The number of fused-ring (bicyclic) bond motifs is 1. The van der Waals surface area contributed by atoms with Crippen molar-refractivity contribution in [2.24, 2.45) is 0 Å². The molecule has 1 aromatic carbocycles. The second-order valence-electron chi connectivity index (χ2n) is 4.15. The van der Waals surface area contributed by atoms with Crippen molar-refractivity contribution in [3.05, 3.63) is 30.0 Å². The van der Waals surface area contributed by atoms with Gasteiger partial charge >= 0.3 is 0 Å². The van der Waals surface area contributed by atoms with E-state index in [9.17, 15) is 5.11 Å². The highest BCUT2D eigenvalue weighted by Crippen LogP contribution is 2.27. The van der Waals surface area contributed by atoms with Crippen molar-refractivity contribution in [1.82, 2.24) is 4.98 Å². The molecule has 1 N–H and O–H groups in total. The summed E-state index contributed by atoms with van der Waals surface area (Å²) in [5, 5.41) is 10.4. The minimum Gasteiger partial charge on any atom is -0.508 e. The maximum Gasteiger partial charge on any atom is 0.141 e. The summed E-state index contributed by atoms with van der Waals surface area (Å²) in [5.41, 5.74) is 1.91. The topological polar surface area (TPSA) is 42.4 Å². The quantitative estimate of drug-likeness (QED) is 0.820. The molecule has 0 spiro atoms. The van der Waals surface area contributed by atoms with Gasteiger partial charge in [0.05, 0.1) is 18.3 Å². The molecular formula is C14H17NO2. The fourth-order valence-electron chi connectivity index (χ4n) is 1.77. The number of nitrogens with zero attached hydrogens (tertiary/aromatic N) is 1. The zero-order valence-corrected chi connectivity index (χ0v) is 10.2. The van der Waals surface area contributed by atoms with Gasteiger partial charge < -0.3 is 9.84 Å². The molecule has 90 valence electrons. The Kier molecular flexibility index (Phi) is 3.47. The minimum absolute atomic E-state index is 0.258. The van der Waals surface area contributed by atoms with Gasteiger partial charge in [-0.2, -0.15) is 0 Å². The Morgan fingerprint density at radius 1 is 1.35 bits per heavy atom. The first kappa shape index (κ1) is 11.7. The van der Waals surface area contributed by atoms with Gasteiger partial charge in [0.25, 0.3) is 0 Å². The van der Waals surface area contributed by atoms with Crippen LogP contribution < -0.4 is 4.74 Å². The smallest absolute Gasteiger partial charge is 0.141 e. The molecule has 0 atom stereocenters. The standard InChI is InChI=1S/C14H17NO2/c1-3-4-7-17-14-9-15-13-6-5-11(16)8-12(13)10(14)2/h5-6,8-9,16H,3-4,7H2,1-2H3. The van der Waals surface area contributed by atoms with E-state index in [0.29, 0.717) is 6.61 Å². The third kappa shape index (κ3) is 2.49. The first-order chi connectivity index (χ1) is 8.22. The highest BCUT2D eigenvalue weighted by atomic mass is 16.5. The Morgan fingerprint density at radius 2 is 2.18 bits per heavy atom. The van der Waals surface area contributed by atoms with Gasteiger partial charge in [-0.05, 0) is 31.5 Å². The summed E-state index contributed by atoms with van der Waals surface area (Å²) in [6.45, 7) is 4.83. The molecule has 0 radical (unpaired) electrons. The number of pyridine rings is 1. The highest BCUT2D eigenvalue weighted by Gasteiger charge is 2.06. The Hall–Kier alpha value is -1.77. The lowest BCUT2D eigenvalue weighted by molar-refractivity contribution is 0.307. The highest BCUT2D eigenvalue weighted by molar-refractivity contribution is 5.85. The van der Waals surface area contributed by atoms with Crippen LogP contribution in [-0.2, 0) is 0 Å². The van der Waals surface area contributed by atoms with E-state index >= 15 is 0 Å². The molecule has 2 rings (SSSR count). The summed E-state index contributed by atoms with van der Waals surface area (Å²) in [6.07, 6.45) is 3.91. The van der Waals surface area contributed by atoms with Crippen LogP contribution in [0.25, 0.3) is 10.9 Å². The average molecular weight is 231 g/mol. The van der Waals surface area contributed by atoms with E-state index in [2.05, 4.69) is 11.9 Å². The first-order valence-corrected chi connectivity index (χ1v) is 5.93. The average Bonchev–Trinajstić information content (AvgIpc) is 2.33.